The third-order valence-electron chi connectivity index (χ3n) is 6.32. The second kappa shape index (κ2) is 12.3. The van der Waals surface area contributed by atoms with Gasteiger partial charge in [-0.15, -0.1) is 12.4 Å². The minimum absolute atomic E-state index is 0. The van der Waals surface area contributed by atoms with Crippen molar-refractivity contribution >= 4 is 47.9 Å². The van der Waals surface area contributed by atoms with Crippen LogP contribution in [0.2, 0.25) is 0 Å². The maximum absolute atomic E-state index is 12.7. The number of hydrogen-bond donors (Lipinski definition) is 1. The minimum atomic E-state index is -4.40. The Kier molecular flexibility index (Phi) is 9.08. The molecule has 0 unspecified atom stereocenters. The molecular formula is C26H26ClF3N4O4S. The fourth-order valence-corrected chi connectivity index (χ4v) is 5.31. The monoisotopic (exact) mass is 582 g/mol. The number of piperidine rings is 1. The molecule has 208 valence electrons. The zero-order valence-corrected chi connectivity index (χ0v) is 22.3. The van der Waals surface area contributed by atoms with Crippen molar-refractivity contribution in [1.82, 2.24) is 19.6 Å². The van der Waals surface area contributed by atoms with Crippen molar-refractivity contribution in [3.63, 3.8) is 0 Å². The van der Waals surface area contributed by atoms with Crippen molar-refractivity contribution in [2.75, 3.05) is 26.2 Å². The summed E-state index contributed by atoms with van der Waals surface area (Å²) >= 11 is 1.39. The Labute approximate surface area is 233 Å². The van der Waals surface area contributed by atoms with E-state index in [2.05, 4.69) is 10.3 Å². The van der Waals surface area contributed by atoms with Gasteiger partial charge >= 0.3 is 12.3 Å². The molecule has 1 aromatic carbocycles. The van der Waals surface area contributed by atoms with Gasteiger partial charge in [-0.05, 0) is 48.7 Å². The maximum atomic E-state index is 12.7. The fraction of sp³-hybridized carbons (Fsp3) is 0.346. The average Bonchev–Trinajstić information content (AvgIpc) is 3.34. The number of imidazole rings is 1. The quantitative estimate of drug-likeness (QED) is 0.388. The topological polar surface area (TPSA) is 85.2 Å². The molecule has 2 amide bonds. The molecule has 5 rings (SSSR count). The van der Waals surface area contributed by atoms with Gasteiger partial charge in [-0.1, -0.05) is 30.0 Å². The zero-order chi connectivity index (χ0) is 26.7. The van der Waals surface area contributed by atoms with Gasteiger partial charge in [-0.3, -0.25) is 9.20 Å². The van der Waals surface area contributed by atoms with E-state index < -0.39 is 17.8 Å². The smallest absolute Gasteiger partial charge is 0.416 e. The first-order chi connectivity index (χ1) is 18.3. The van der Waals surface area contributed by atoms with Gasteiger partial charge in [0.1, 0.15) is 12.3 Å². The SMILES string of the molecule is Cl.O=C(NCCOC1CCN(C(=O)OCc2ccc(C(F)(F)F)cc2)CC1)C1=Cc2cnc3cccc(n23)S1. The number of benzene rings is 1. The van der Waals surface area contributed by atoms with Crippen molar-refractivity contribution < 1.29 is 32.2 Å². The van der Waals surface area contributed by atoms with Gasteiger partial charge in [0, 0.05) is 19.6 Å². The Morgan fingerprint density at radius 3 is 2.56 bits per heavy atom. The van der Waals surface area contributed by atoms with E-state index in [1.807, 2.05) is 28.7 Å². The van der Waals surface area contributed by atoms with Crippen LogP contribution in [0.5, 0.6) is 0 Å². The van der Waals surface area contributed by atoms with Crippen molar-refractivity contribution in [2.45, 2.75) is 36.8 Å². The van der Waals surface area contributed by atoms with Crippen LogP contribution in [0.4, 0.5) is 18.0 Å². The van der Waals surface area contributed by atoms with Crippen LogP contribution in [0.25, 0.3) is 11.7 Å². The summed E-state index contributed by atoms with van der Waals surface area (Å²) in [4.78, 5) is 31.5. The second-order valence-electron chi connectivity index (χ2n) is 8.91. The van der Waals surface area contributed by atoms with E-state index in [0.717, 1.165) is 28.5 Å². The third kappa shape index (κ3) is 6.87. The largest absolute Gasteiger partial charge is 0.445 e. The van der Waals surface area contributed by atoms with Crippen LogP contribution >= 0.6 is 24.2 Å². The van der Waals surface area contributed by atoms with Gasteiger partial charge in [0.2, 0.25) is 0 Å². The van der Waals surface area contributed by atoms with Crippen LogP contribution in [0, 0.1) is 0 Å². The summed E-state index contributed by atoms with van der Waals surface area (Å²) in [5, 5.41) is 3.82. The second-order valence-corrected chi connectivity index (χ2v) is 9.98. The number of nitrogens with zero attached hydrogens (tertiary/aromatic N) is 3. The van der Waals surface area contributed by atoms with Crippen LogP contribution in [-0.4, -0.2) is 58.6 Å². The van der Waals surface area contributed by atoms with Crippen molar-refractivity contribution in [3.05, 3.63) is 70.4 Å². The van der Waals surface area contributed by atoms with Gasteiger partial charge in [0.15, 0.2) is 0 Å². The van der Waals surface area contributed by atoms with Gasteiger partial charge in [-0.2, -0.15) is 13.2 Å². The molecule has 3 aromatic rings. The minimum Gasteiger partial charge on any atom is -0.445 e. The van der Waals surface area contributed by atoms with E-state index in [4.69, 9.17) is 9.47 Å². The number of ether oxygens (including phenoxy) is 2. The number of thioether (sulfide) groups is 1. The molecule has 1 N–H and O–H groups in total. The van der Waals surface area contributed by atoms with E-state index in [0.29, 0.717) is 49.6 Å². The van der Waals surface area contributed by atoms with Crippen molar-refractivity contribution in [2.24, 2.45) is 0 Å². The highest BCUT2D eigenvalue weighted by atomic mass is 35.5. The van der Waals surface area contributed by atoms with Crippen LogP contribution in [-0.2, 0) is 27.1 Å². The predicted molar refractivity (Wildman–Crippen MR) is 141 cm³/mol. The highest BCUT2D eigenvalue weighted by molar-refractivity contribution is 8.04. The number of aromatic nitrogens is 2. The maximum Gasteiger partial charge on any atom is 0.416 e. The highest BCUT2D eigenvalue weighted by Gasteiger charge is 2.30. The molecular weight excluding hydrogens is 557 g/mol. The van der Waals surface area contributed by atoms with Crippen molar-refractivity contribution in [3.8, 4) is 0 Å². The number of halogens is 4. The number of carbonyl (C=O) groups excluding carboxylic acids is 2. The van der Waals surface area contributed by atoms with Crippen molar-refractivity contribution in [1.29, 1.82) is 0 Å². The molecule has 1 saturated heterocycles. The number of rotatable bonds is 7. The Morgan fingerprint density at radius 2 is 1.85 bits per heavy atom. The van der Waals surface area contributed by atoms with Crippen LogP contribution in [0.1, 0.15) is 29.7 Å². The normalized spacial score (nSPS) is 15.5. The first kappa shape index (κ1) is 28.8. The summed E-state index contributed by atoms with van der Waals surface area (Å²) in [6.45, 7) is 1.51. The van der Waals surface area contributed by atoms with Crippen LogP contribution < -0.4 is 5.32 Å². The van der Waals surface area contributed by atoms with Crippen LogP contribution in [0.15, 0.2) is 58.6 Å². The molecule has 0 aliphatic carbocycles. The van der Waals surface area contributed by atoms with Gasteiger partial charge < -0.3 is 19.7 Å². The number of likely N-dealkylation sites (tertiary alicyclic amines) is 1. The number of hydrogen-bond acceptors (Lipinski definition) is 6. The predicted octanol–water partition coefficient (Wildman–Crippen LogP) is 5.16. The Balaban J connectivity index is 0.00000353. The summed E-state index contributed by atoms with van der Waals surface area (Å²) in [6, 6.07) is 10.3. The highest BCUT2D eigenvalue weighted by Crippen LogP contribution is 2.34. The molecule has 0 bridgehead atoms. The molecule has 2 aliphatic rings. The lowest BCUT2D eigenvalue weighted by atomic mass is 10.1. The standard InChI is InChI=1S/C26H25F3N4O4S.ClH/c27-26(28,29)18-6-4-17(5-7-18)16-37-25(35)32-11-8-20(9-12-32)36-13-10-30-24(34)21-14-19-15-31-22-2-1-3-23(38-21)33(19)22;/h1-7,14-15,20H,8-13,16H2,(H,30,34);1H. The van der Waals surface area contributed by atoms with E-state index in [9.17, 15) is 22.8 Å². The molecule has 4 heterocycles. The number of nitrogens with one attached hydrogen (secondary N) is 1. The summed E-state index contributed by atoms with van der Waals surface area (Å²) < 4.78 is 51.1. The molecule has 13 heteroatoms. The van der Waals surface area contributed by atoms with Gasteiger partial charge in [-0.25, -0.2) is 9.78 Å². The number of alkyl halides is 3. The van der Waals surface area contributed by atoms with E-state index in [-0.39, 0.29) is 31.0 Å². The molecule has 2 aliphatic heterocycles. The first-order valence-electron chi connectivity index (χ1n) is 12.1. The number of amides is 2. The molecule has 39 heavy (non-hydrogen) atoms. The summed E-state index contributed by atoms with van der Waals surface area (Å²) in [5.74, 6) is -0.173. The molecule has 0 spiro atoms. The fourth-order valence-electron chi connectivity index (χ4n) is 4.31. The lowest BCUT2D eigenvalue weighted by Gasteiger charge is -2.31. The summed E-state index contributed by atoms with van der Waals surface area (Å²) in [6.07, 6.45) is -0.143. The Hall–Kier alpha value is -3.22. The van der Waals surface area contributed by atoms with E-state index >= 15 is 0 Å². The first-order valence-corrected chi connectivity index (χ1v) is 12.9. The molecule has 8 nitrogen and oxygen atoms in total. The molecule has 0 atom stereocenters. The summed E-state index contributed by atoms with van der Waals surface area (Å²) in [5.41, 5.74) is 1.44. The number of carbonyl (C=O) groups is 2. The van der Waals surface area contributed by atoms with E-state index in [1.165, 1.54) is 23.9 Å². The third-order valence-corrected chi connectivity index (χ3v) is 7.37. The molecule has 1 fully saturated rings. The lowest BCUT2D eigenvalue weighted by molar-refractivity contribution is -0.137. The number of pyridine rings is 1. The van der Waals surface area contributed by atoms with E-state index in [1.54, 1.807) is 11.1 Å². The van der Waals surface area contributed by atoms with Gasteiger partial charge in [0.05, 0.1) is 40.1 Å². The van der Waals surface area contributed by atoms with Gasteiger partial charge in [0.25, 0.3) is 5.91 Å². The summed E-state index contributed by atoms with van der Waals surface area (Å²) in [7, 11) is 0. The Bertz CT molecular complexity index is 1360. The van der Waals surface area contributed by atoms with Crippen LogP contribution in [0.3, 0.4) is 0 Å². The zero-order valence-electron chi connectivity index (χ0n) is 20.6. The lowest BCUT2D eigenvalue weighted by Crippen LogP contribution is -2.41. The molecule has 0 saturated carbocycles. The Morgan fingerprint density at radius 1 is 1.10 bits per heavy atom. The molecule has 2 aromatic heterocycles. The molecule has 0 radical (unpaired) electrons. The average molecular weight is 583 g/mol.